The smallest absolute Gasteiger partial charge is 0.246 e. The number of hydrogen-bond acceptors (Lipinski definition) is 5. The van der Waals surface area contributed by atoms with E-state index in [0.717, 1.165) is 12.8 Å². The van der Waals surface area contributed by atoms with Gasteiger partial charge in [0, 0.05) is 32.4 Å². The summed E-state index contributed by atoms with van der Waals surface area (Å²) in [7, 11) is -3.48. The van der Waals surface area contributed by atoms with Crippen LogP contribution in [0.3, 0.4) is 0 Å². The Morgan fingerprint density at radius 3 is 2.70 bits per heavy atom. The molecule has 1 aromatic heterocycles. The van der Waals surface area contributed by atoms with Gasteiger partial charge < -0.3 is 9.84 Å². The Morgan fingerprint density at radius 2 is 2.05 bits per heavy atom. The highest BCUT2D eigenvalue weighted by Gasteiger charge is 2.39. The Balaban J connectivity index is 1.76. The molecule has 2 saturated heterocycles. The zero-order valence-corrected chi connectivity index (χ0v) is 12.0. The largest absolute Gasteiger partial charge is 0.396 e. The predicted molar refractivity (Wildman–Crippen MR) is 70.6 cm³/mol. The lowest BCUT2D eigenvalue weighted by Gasteiger charge is -2.30. The maximum atomic E-state index is 12.6. The molecule has 0 aliphatic carbocycles. The van der Waals surface area contributed by atoms with Gasteiger partial charge in [0.05, 0.1) is 18.4 Å². The summed E-state index contributed by atoms with van der Waals surface area (Å²) in [5.41, 5.74) is 0. The van der Waals surface area contributed by atoms with Gasteiger partial charge in [-0.15, -0.1) is 0 Å². The standard InChI is InChI=1S/C12H19N3O4S/c16-5-1-4-14-9-12(6-13-14)20(17,18)15-7-10-2-3-11(8-15)19-10/h6,9-11,16H,1-5,7-8H2. The lowest BCUT2D eigenvalue weighted by molar-refractivity contribution is -0.0114. The average molecular weight is 301 g/mol. The van der Waals surface area contributed by atoms with Crippen LogP contribution >= 0.6 is 0 Å². The molecule has 1 aromatic rings. The second-order valence-corrected chi connectivity index (χ2v) is 7.23. The fourth-order valence-electron chi connectivity index (χ4n) is 2.76. The van der Waals surface area contributed by atoms with Crippen LogP contribution in [-0.4, -0.2) is 59.5 Å². The molecule has 2 fully saturated rings. The number of hydrogen-bond donors (Lipinski definition) is 1. The molecule has 112 valence electrons. The molecule has 20 heavy (non-hydrogen) atoms. The Bertz CT molecular complexity index is 559. The van der Waals surface area contributed by atoms with E-state index in [1.54, 1.807) is 4.68 Å². The quantitative estimate of drug-likeness (QED) is 0.815. The number of rotatable bonds is 5. The molecule has 0 radical (unpaired) electrons. The first-order chi connectivity index (χ1) is 9.59. The summed E-state index contributed by atoms with van der Waals surface area (Å²) in [5, 5.41) is 12.8. The molecule has 2 aliphatic rings. The van der Waals surface area contributed by atoms with Crippen molar-refractivity contribution in [3.8, 4) is 0 Å². The predicted octanol–water partition coefficient (Wildman–Crippen LogP) is -0.183. The maximum Gasteiger partial charge on any atom is 0.246 e. The van der Waals surface area contributed by atoms with Gasteiger partial charge in [-0.2, -0.15) is 9.40 Å². The van der Waals surface area contributed by atoms with Gasteiger partial charge in [-0.3, -0.25) is 4.68 Å². The van der Waals surface area contributed by atoms with Gasteiger partial charge in [0.2, 0.25) is 10.0 Å². The Labute approximate surface area is 118 Å². The molecular formula is C12H19N3O4S. The van der Waals surface area contributed by atoms with Crippen LogP contribution in [0.2, 0.25) is 0 Å². The van der Waals surface area contributed by atoms with Gasteiger partial charge in [0.1, 0.15) is 4.90 Å². The van der Waals surface area contributed by atoms with Crippen LogP contribution in [0.15, 0.2) is 17.3 Å². The van der Waals surface area contributed by atoms with Crippen molar-refractivity contribution in [1.82, 2.24) is 14.1 Å². The van der Waals surface area contributed by atoms with Gasteiger partial charge in [-0.25, -0.2) is 8.42 Å². The van der Waals surface area contributed by atoms with Crippen LogP contribution in [0, 0.1) is 0 Å². The number of ether oxygens (including phenoxy) is 1. The van der Waals surface area contributed by atoms with Gasteiger partial charge in [0.15, 0.2) is 0 Å². The zero-order valence-electron chi connectivity index (χ0n) is 11.2. The molecule has 7 nitrogen and oxygen atoms in total. The second kappa shape index (κ2) is 5.44. The third kappa shape index (κ3) is 2.60. The maximum absolute atomic E-state index is 12.6. The molecule has 2 unspecified atom stereocenters. The Morgan fingerprint density at radius 1 is 1.35 bits per heavy atom. The number of aliphatic hydroxyl groups excluding tert-OH is 1. The summed E-state index contributed by atoms with van der Waals surface area (Å²) in [5.74, 6) is 0. The first-order valence-corrected chi connectivity index (χ1v) is 8.32. The summed E-state index contributed by atoms with van der Waals surface area (Å²) in [6, 6.07) is 0. The van der Waals surface area contributed by atoms with E-state index in [-0.39, 0.29) is 23.7 Å². The van der Waals surface area contributed by atoms with Crippen LogP contribution in [0.25, 0.3) is 0 Å². The third-order valence-electron chi connectivity index (χ3n) is 3.80. The first kappa shape index (κ1) is 14.0. The van der Waals surface area contributed by atoms with E-state index < -0.39 is 10.0 Å². The lowest BCUT2D eigenvalue weighted by Crippen LogP contribution is -2.45. The number of morpholine rings is 1. The Kier molecular flexibility index (Phi) is 3.80. The number of fused-ring (bicyclic) bond motifs is 2. The minimum Gasteiger partial charge on any atom is -0.396 e. The molecule has 2 bridgehead atoms. The van der Waals surface area contributed by atoms with Crippen LogP contribution in [0.5, 0.6) is 0 Å². The normalized spacial score (nSPS) is 27.1. The van der Waals surface area contributed by atoms with Crippen molar-refractivity contribution in [3.63, 3.8) is 0 Å². The van der Waals surface area contributed by atoms with Crippen LogP contribution < -0.4 is 0 Å². The molecule has 8 heteroatoms. The summed E-state index contributed by atoms with van der Waals surface area (Å²) in [6.07, 6.45) is 5.41. The van der Waals surface area contributed by atoms with Gasteiger partial charge in [-0.05, 0) is 19.3 Å². The first-order valence-electron chi connectivity index (χ1n) is 6.88. The van der Waals surface area contributed by atoms with E-state index >= 15 is 0 Å². The van der Waals surface area contributed by atoms with E-state index in [2.05, 4.69) is 5.10 Å². The Hall–Kier alpha value is -0.960. The van der Waals surface area contributed by atoms with Crippen molar-refractivity contribution in [3.05, 3.63) is 12.4 Å². The molecule has 0 spiro atoms. The summed E-state index contributed by atoms with van der Waals surface area (Å²) in [4.78, 5) is 0.219. The second-order valence-electron chi connectivity index (χ2n) is 5.30. The fourth-order valence-corrected chi connectivity index (χ4v) is 4.21. The highest BCUT2D eigenvalue weighted by molar-refractivity contribution is 7.89. The summed E-state index contributed by atoms with van der Waals surface area (Å²) < 4.78 is 33.8. The number of aryl methyl sites for hydroxylation is 1. The monoisotopic (exact) mass is 301 g/mol. The van der Waals surface area contributed by atoms with E-state index in [4.69, 9.17) is 9.84 Å². The highest BCUT2D eigenvalue weighted by Crippen LogP contribution is 2.29. The van der Waals surface area contributed by atoms with Crippen molar-refractivity contribution in [2.45, 2.75) is 42.9 Å². The zero-order chi connectivity index (χ0) is 14.2. The number of sulfonamides is 1. The third-order valence-corrected chi connectivity index (χ3v) is 5.59. The molecule has 2 aliphatic heterocycles. The van der Waals surface area contributed by atoms with Crippen molar-refractivity contribution in [2.75, 3.05) is 19.7 Å². The molecule has 2 atom stereocenters. The molecule has 3 rings (SSSR count). The van der Waals surface area contributed by atoms with Gasteiger partial charge in [-0.1, -0.05) is 0 Å². The molecule has 3 heterocycles. The van der Waals surface area contributed by atoms with Crippen molar-refractivity contribution >= 4 is 10.0 Å². The number of nitrogens with zero attached hydrogens (tertiary/aromatic N) is 3. The number of aliphatic hydroxyl groups is 1. The fraction of sp³-hybridized carbons (Fsp3) is 0.750. The minimum atomic E-state index is -3.48. The SMILES string of the molecule is O=S(=O)(c1cnn(CCCO)c1)N1CC2CCC(C1)O2. The highest BCUT2D eigenvalue weighted by atomic mass is 32.2. The van der Waals surface area contributed by atoms with E-state index in [0.29, 0.717) is 26.1 Å². The number of aromatic nitrogens is 2. The van der Waals surface area contributed by atoms with E-state index in [9.17, 15) is 8.42 Å². The van der Waals surface area contributed by atoms with Crippen molar-refractivity contribution in [1.29, 1.82) is 0 Å². The van der Waals surface area contributed by atoms with Crippen LogP contribution in [-0.2, 0) is 21.3 Å². The topological polar surface area (TPSA) is 84.7 Å². The van der Waals surface area contributed by atoms with Gasteiger partial charge in [0.25, 0.3) is 0 Å². The molecule has 0 saturated carbocycles. The van der Waals surface area contributed by atoms with Crippen LogP contribution in [0.1, 0.15) is 19.3 Å². The van der Waals surface area contributed by atoms with Crippen molar-refractivity contribution in [2.24, 2.45) is 0 Å². The lowest BCUT2D eigenvalue weighted by atomic mass is 10.2. The molecule has 0 aromatic carbocycles. The molecular weight excluding hydrogens is 282 g/mol. The summed E-state index contributed by atoms with van der Waals surface area (Å²) >= 11 is 0. The van der Waals surface area contributed by atoms with Crippen molar-refractivity contribution < 1.29 is 18.3 Å². The van der Waals surface area contributed by atoms with Gasteiger partial charge >= 0.3 is 0 Å². The van der Waals surface area contributed by atoms with E-state index in [1.807, 2.05) is 0 Å². The average Bonchev–Trinajstić information content (AvgIpc) is 3.03. The summed E-state index contributed by atoms with van der Waals surface area (Å²) in [6.45, 7) is 1.44. The molecule has 0 amide bonds. The van der Waals surface area contributed by atoms with Crippen LogP contribution in [0.4, 0.5) is 0 Å². The minimum absolute atomic E-state index is 0.0351. The van der Waals surface area contributed by atoms with E-state index in [1.165, 1.54) is 16.7 Å². The molecule has 1 N–H and O–H groups in total.